The van der Waals surface area contributed by atoms with E-state index in [9.17, 15) is 5.11 Å². The van der Waals surface area contributed by atoms with Crippen LogP contribution in [0.15, 0.2) is 17.5 Å². The van der Waals surface area contributed by atoms with Crippen molar-refractivity contribution in [3.05, 3.63) is 22.4 Å². The van der Waals surface area contributed by atoms with E-state index in [-0.39, 0.29) is 12.1 Å². The van der Waals surface area contributed by atoms with E-state index in [2.05, 4.69) is 36.7 Å². The summed E-state index contributed by atoms with van der Waals surface area (Å²) in [5, 5.41) is 15.1. The van der Waals surface area contributed by atoms with Crippen molar-refractivity contribution in [1.82, 2.24) is 5.32 Å². The van der Waals surface area contributed by atoms with Crippen molar-refractivity contribution in [3.63, 3.8) is 0 Å². The highest BCUT2D eigenvalue weighted by molar-refractivity contribution is 7.09. The Morgan fingerprint density at radius 2 is 2.31 bits per heavy atom. The summed E-state index contributed by atoms with van der Waals surface area (Å²) >= 11 is 1.77. The van der Waals surface area contributed by atoms with Crippen LogP contribution < -0.4 is 5.32 Å². The molecule has 3 heteroatoms. The number of aliphatic hydroxyl groups is 1. The molecule has 2 nitrogen and oxygen atoms in total. The molecule has 0 saturated heterocycles. The molecule has 0 atom stereocenters. The number of thiophene rings is 1. The van der Waals surface area contributed by atoms with E-state index in [1.807, 2.05) is 0 Å². The van der Waals surface area contributed by atoms with Crippen LogP contribution in [0.2, 0.25) is 0 Å². The molecule has 0 spiro atoms. The molecule has 0 bridgehead atoms. The Labute approximate surface area is 102 Å². The van der Waals surface area contributed by atoms with Gasteiger partial charge in [-0.05, 0) is 36.1 Å². The SMILES string of the molecule is CC(C)C1CC(CO)(NCc2cccs2)C1. The monoisotopic (exact) mass is 239 g/mol. The van der Waals surface area contributed by atoms with E-state index in [4.69, 9.17) is 0 Å². The van der Waals surface area contributed by atoms with Crippen LogP contribution in [0.1, 0.15) is 31.6 Å². The second kappa shape index (κ2) is 4.86. The molecule has 90 valence electrons. The van der Waals surface area contributed by atoms with E-state index in [0.717, 1.165) is 31.2 Å². The summed E-state index contributed by atoms with van der Waals surface area (Å²) in [6.45, 7) is 5.70. The van der Waals surface area contributed by atoms with Crippen molar-refractivity contribution in [1.29, 1.82) is 0 Å². The van der Waals surface area contributed by atoms with Gasteiger partial charge in [-0.25, -0.2) is 0 Å². The normalized spacial score (nSPS) is 29.4. The average Bonchev–Trinajstić information content (AvgIpc) is 2.69. The molecule has 2 N–H and O–H groups in total. The molecule has 0 aliphatic heterocycles. The van der Waals surface area contributed by atoms with Gasteiger partial charge in [0.05, 0.1) is 6.61 Å². The third kappa shape index (κ3) is 2.47. The second-order valence-corrected chi connectivity index (χ2v) is 6.32. The molecule has 1 aliphatic rings. The van der Waals surface area contributed by atoms with Crippen LogP contribution in [-0.4, -0.2) is 17.3 Å². The Kier molecular flexibility index (Phi) is 3.67. The first-order chi connectivity index (χ1) is 7.65. The van der Waals surface area contributed by atoms with Gasteiger partial charge in [-0.3, -0.25) is 0 Å². The molecular formula is C13H21NOS. The van der Waals surface area contributed by atoms with E-state index in [0.29, 0.717) is 0 Å². The molecule has 1 aliphatic carbocycles. The fourth-order valence-electron chi connectivity index (χ4n) is 2.43. The van der Waals surface area contributed by atoms with Gasteiger partial charge in [-0.15, -0.1) is 11.3 Å². The largest absolute Gasteiger partial charge is 0.394 e. The molecule has 1 aromatic heterocycles. The minimum Gasteiger partial charge on any atom is -0.394 e. The summed E-state index contributed by atoms with van der Waals surface area (Å²) in [6, 6.07) is 4.21. The van der Waals surface area contributed by atoms with Gasteiger partial charge in [0, 0.05) is 17.0 Å². The van der Waals surface area contributed by atoms with Gasteiger partial charge in [0.25, 0.3) is 0 Å². The number of nitrogens with one attached hydrogen (secondary N) is 1. The van der Waals surface area contributed by atoms with Gasteiger partial charge < -0.3 is 10.4 Å². The lowest BCUT2D eigenvalue weighted by Gasteiger charge is -2.49. The Morgan fingerprint density at radius 3 is 2.81 bits per heavy atom. The molecule has 0 unspecified atom stereocenters. The number of hydrogen-bond acceptors (Lipinski definition) is 3. The Bertz CT molecular complexity index is 315. The molecule has 1 heterocycles. The van der Waals surface area contributed by atoms with Gasteiger partial charge >= 0.3 is 0 Å². The highest BCUT2D eigenvalue weighted by Gasteiger charge is 2.44. The summed E-state index contributed by atoms with van der Waals surface area (Å²) < 4.78 is 0. The van der Waals surface area contributed by atoms with Crippen LogP contribution in [0.25, 0.3) is 0 Å². The molecule has 1 aromatic rings. The molecule has 0 radical (unpaired) electrons. The quantitative estimate of drug-likeness (QED) is 0.828. The van der Waals surface area contributed by atoms with Crippen LogP contribution in [0.5, 0.6) is 0 Å². The number of rotatable bonds is 5. The zero-order valence-corrected chi connectivity index (χ0v) is 10.9. The summed E-state index contributed by atoms with van der Waals surface area (Å²) in [5.74, 6) is 1.52. The molecule has 0 amide bonds. The van der Waals surface area contributed by atoms with E-state index in [1.165, 1.54) is 4.88 Å². The summed E-state index contributed by atoms with van der Waals surface area (Å²) in [7, 11) is 0. The minimum absolute atomic E-state index is 0.00106. The van der Waals surface area contributed by atoms with Gasteiger partial charge in [-0.1, -0.05) is 19.9 Å². The lowest BCUT2D eigenvalue weighted by Crippen LogP contribution is -2.58. The Morgan fingerprint density at radius 1 is 1.56 bits per heavy atom. The van der Waals surface area contributed by atoms with Crippen molar-refractivity contribution in [2.75, 3.05) is 6.61 Å². The van der Waals surface area contributed by atoms with Crippen LogP contribution in [0, 0.1) is 11.8 Å². The summed E-state index contributed by atoms with van der Waals surface area (Å²) in [4.78, 5) is 1.35. The number of aliphatic hydroxyl groups excluding tert-OH is 1. The highest BCUT2D eigenvalue weighted by atomic mass is 32.1. The first-order valence-corrected chi connectivity index (χ1v) is 6.91. The molecule has 2 rings (SSSR count). The predicted octanol–water partition coefficient (Wildman–Crippen LogP) is 2.63. The molecular weight excluding hydrogens is 218 g/mol. The van der Waals surface area contributed by atoms with Crippen LogP contribution in [0.4, 0.5) is 0 Å². The van der Waals surface area contributed by atoms with Crippen LogP contribution in [0.3, 0.4) is 0 Å². The zero-order chi connectivity index (χ0) is 11.6. The van der Waals surface area contributed by atoms with E-state index >= 15 is 0 Å². The van der Waals surface area contributed by atoms with Gasteiger partial charge in [0.2, 0.25) is 0 Å². The standard InChI is InChI=1S/C13H21NOS/c1-10(2)11-6-13(7-11,9-15)14-8-12-4-3-5-16-12/h3-5,10-11,14-15H,6-9H2,1-2H3. The maximum Gasteiger partial charge on any atom is 0.0613 e. The van der Waals surface area contributed by atoms with Crippen LogP contribution >= 0.6 is 11.3 Å². The fraction of sp³-hybridized carbons (Fsp3) is 0.692. The lowest BCUT2D eigenvalue weighted by atomic mass is 9.64. The van der Waals surface area contributed by atoms with Crippen LogP contribution in [-0.2, 0) is 6.54 Å². The maximum absolute atomic E-state index is 9.51. The van der Waals surface area contributed by atoms with Crippen molar-refractivity contribution in [3.8, 4) is 0 Å². The minimum atomic E-state index is -0.00106. The summed E-state index contributed by atoms with van der Waals surface area (Å²) in [6.07, 6.45) is 2.24. The second-order valence-electron chi connectivity index (χ2n) is 5.28. The topological polar surface area (TPSA) is 32.3 Å². The molecule has 16 heavy (non-hydrogen) atoms. The van der Waals surface area contributed by atoms with Gasteiger partial charge in [-0.2, -0.15) is 0 Å². The van der Waals surface area contributed by atoms with Crippen molar-refractivity contribution in [2.24, 2.45) is 11.8 Å². The maximum atomic E-state index is 9.51. The first kappa shape index (κ1) is 12.1. The highest BCUT2D eigenvalue weighted by Crippen LogP contribution is 2.42. The van der Waals surface area contributed by atoms with E-state index in [1.54, 1.807) is 11.3 Å². The number of hydrogen-bond donors (Lipinski definition) is 2. The molecule has 1 saturated carbocycles. The third-order valence-electron chi connectivity index (χ3n) is 3.77. The van der Waals surface area contributed by atoms with Gasteiger partial charge in [0.15, 0.2) is 0 Å². The zero-order valence-electron chi connectivity index (χ0n) is 10.1. The first-order valence-electron chi connectivity index (χ1n) is 6.03. The average molecular weight is 239 g/mol. The van der Waals surface area contributed by atoms with Crippen molar-refractivity contribution < 1.29 is 5.11 Å². The van der Waals surface area contributed by atoms with E-state index < -0.39 is 0 Å². The smallest absolute Gasteiger partial charge is 0.0613 e. The predicted molar refractivity (Wildman–Crippen MR) is 68.5 cm³/mol. The summed E-state index contributed by atoms with van der Waals surface area (Å²) in [5.41, 5.74) is -0.00106. The molecule has 1 fully saturated rings. The third-order valence-corrected chi connectivity index (χ3v) is 4.65. The molecule has 0 aromatic carbocycles. The Balaban J connectivity index is 1.83. The van der Waals surface area contributed by atoms with Crippen molar-refractivity contribution >= 4 is 11.3 Å². The lowest BCUT2D eigenvalue weighted by molar-refractivity contribution is 0.0177. The fourth-order valence-corrected chi connectivity index (χ4v) is 3.08. The van der Waals surface area contributed by atoms with Crippen molar-refractivity contribution in [2.45, 2.75) is 38.8 Å². The Hall–Kier alpha value is -0.380. The van der Waals surface area contributed by atoms with Gasteiger partial charge in [0.1, 0.15) is 0 Å².